The fourth-order valence-corrected chi connectivity index (χ4v) is 2.41. The monoisotopic (exact) mass is 286 g/mol. The summed E-state index contributed by atoms with van der Waals surface area (Å²) in [7, 11) is 0. The van der Waals surface area contributed by atoms with E-state index in [4.69, 9.17) is 5.73 Å². The molecule has 0 aliphatic carbocycles. The van der Waals surface area contributed by atoms with Crippen LogP contribution in [0.4, 0.5) is 0 Å². The Bertz CT molecular complexity index is 593. The summed E-state index contributed by atoms with van der Waals surface area (Å²) in [6.07, 6.45) is 2.78. The Kier molecular flexibility index (Phi) is 4.75. The van der Waals surface area contributed by atoms with Crippen LogP contribution in [0.15, 0.2) is 42.6 Å². The second-order valence-corrected chi connectivity index (χ2v) is 5.22. The van der Waals surface area contributed by atoms with E-state index in [9.17, 15) is 4.79 Å². The van der Waals surface area contributed by atoms with Crippen molar-refractivity contribution in [1.29, 1.82) is 0 Å². The van der Waals surface area contributed by atoms with Crippen molar-refractivity contribution >= 4 is 5.91 Å². The highest BCUT2D eigenvalue weighted by Crippen LogP contribution is 2.23. The van der Waals surface area contributed by atoms with Gasteiger partial charge in [0.2, 0.25) is 5.91 Å². The molecular weight excluding hydrogens is 264 g/mol. The third-order valence-corrected chi connectivity index (χ3v) is 3.54. The van der Waals surface area contributed by atoms with Gasteiger partial charge in [-0.2, -0.15) is 5.10 Å². The Hall–Kier alpha value is -2.14. The van der Waals surface area contributed by atoms with Crippen molar-refractivity contribution in [2.24, 2.45) is 5.73 Å². The number of amides is 1. The zero-order valence-corrected chi connectivity index (χ0v) is 12.5. The van der Waals surface area contributed by atoms with Gasteiger partial charge in [0.05, 0.1) is 12.2 Å². The lowest BCUT2D eigenvalue weighted by atomic mass is 9.88. The molecule has 0 bridgehead atoms. The highest BCUT2D eigenvalue weighted by molar-refractivity contribution is 5.86. The third kappa shape index (κ3) is 3.31. The average molecular weight is 286 g/mol. The third-order valence-electron chi connectivity index (χ3n) is 3.54. The summed E-state index contributed by atoms with van der Waals surface area (Å²) >= 11 is 0. The highest BCUT2D eigenvalue weighted by Gasteiger charge is 2.38. The van der Waals surface area contributed by atoms with Crippen molar-refractivity contribution in [3.05, 3.63) is 53.9 Å². The Balaban J connectivity index is 2.42. The molecule has 1 atom stereocenters. The molecule has 112 valence electrons. The summed E-state index contributed by atoms with van der Waals surface area (Å²) in [5, 5.41) is 7.70. The first-order chi connectivity index (χ1) is 10.1. The molecule has 1 heterocycles. The second kappa shape index (κ2) is 6.54. The fourth-order valence-electron chi connectivity index (χ4n) is 2.41. The summed E-state index contributed by atoms with van der Waals surface area (Å²) < 4.78 is 1.76. The normalized spacial score (nSPS) is 13.8. The Morgan fingerprint density at radius 2 is 2.05 bits per heavy atom. The zero-order chi connectivity index (χ0) is 15.3. The van der Waals surface area contributed by atoms with Crippen LogP contribution in [0.3, 0.4) is 0 Å². The quantitative estimate of drug-likeness (QED) is 0.811. The maximum Gasteiger partial charge on any atom is 0.244 e. The number of nitrogens with one attached hydrogen (secondary N) is 1. The van der Waals surface area contributed by atoms with Gasteiger partial charge in [0.1, 0.15) is 5.54 Å². The second-order valence-electron chi connectivity index (χ2n) is 5.22. The van der Waals surface area contributed by atoms with Crippen LogP contribution in [0.2, 0.25) is 0 Å². The van der Waals surface area contributed by atoms with Gasteiger partial charge in [-0.25, -0.2) is 0 Å². The lowest BCUT2D eigenvalue weighted by Crippen LogP contribution is -2.55. The Labute approximate surface area is 125 Å². The number of rotatable bonds is 7. The first kappa shape index (κ1) is 15.3. The largest absolute Gasteiger partial charge is 0.368 e. The molecule has 5 heteroatoms. The summed E-state index contributed by atoms with van der Waals surface area (Å²) in [5.74, 6) is -0.393. The molecule has 0 saturated heterocycles. The Morgan fingerprint density at radius 1 is 1.33 bits per heavy atom. The van der Waals surface area contributed by atoms with Crippen molar-refractivity contribution in [3.8, 4) is 0 Å². The maximum atomic E-state index is 12.3. The number of benzene rings is 1. The van der Waals surface area contributed by atoms with Crippen LogP contribution in [0.5, 0.6) is 0 Å². The van der Waals surface area contributed by atoms with Gasteiger partial charge in [0, 0.05) is 6.20 Å². The topological polar surface area (TPSA) is 72.9 Å². The van der Waals surface area contributed by atoms with Gasteiger partial charge < -0.3 is 5.73 Å². The summed E-state index contributed by atoms with van der Waals surface area (Å²) in [6.45, 7) is 5.06. The standard InChI is InChI=1S/C16H22N4O/c1-3-10-18-16(15(17)21,14-7-5-4-6-8-14)12-20-11-9-13(2)19-20/h4-9,11,18H,3,10,12H2,1-2H3,(H2,17,21). The lowest BCUT2D eigenvalue weighted by molar-refractivity contribution is -0.125. The number of carbonyl (C=O) groups is 1. The number of hydrogen-bond donors (Lipinski definition) is 2. The van der Waals surface area contributed by atoms with E-state index < -0.39 is 11.4 Å². The SMILES string of the molecule is CCCNC(Cn1ccc(C)n1)(C(N)=O)c1ccccc1. The van der Waals surface area contributed by atoms with Gasteiger partial charge in [-0.1, -0.05) is 37.3 Å². The van der Waals surface area contributed by atoms with Gasteiger partial charge in [0.15, 0.2) is 0 Å². The molecule has 21 heavy (non-hydrogen) atoms. The zero-order valence-electron chi connectivity index (χ0n) is 12.5. The molecule has 0 aliphatic rings. The molecule has 0 spiro atoms. The fraction of sp³-hybridized carbons (Fsp3) is 0.375. The minimum absolute atomic E-state index is 0.375. The van der Waals surface area contributed by atoms with Crippen molar-refractivity contribution in [2.75, 3.05) is 6.54 Å². The number of primary amides is 1. The predicted octanol–water partition coefficient (Wildman–Crippen LogP) is 1.57. The minimum Gasteiger partial charge on any atom is -0.368 e. The van der Waals surface area contributed by atoms with E-state index in [1.54, 1.807) is 4.68 Å². The highest BCUT2D eigenvalue weighted by atomic mass is 16.1. The number of aromatic nitrogens is 2. The molecule has 2 aromatic rings. The molecule has 1 amide bonds. The van der Waals surface area contributed by atoms with Crippen molar-refractivity contribution in [3.63, 3.8) is 0 Å². The van der Waals surface area contributed by atoms with E-state index in [-0.39, 0.29) is 0 Å². The van der Waals surface area contributed by atoms with E-state index >= 15 is 0 Å². The van der Waals surface area contributed by atoms with Gasteiger partial charge in [-0.05, 0) is 31.5 Å². The molecule has 0 fully saturated rings. The minimum atomic E-state index is -0.949. The molecule has 1 unspecified atom stereocenters. The van der Waals surface area contributed by atoms with E-state index in [1.165, 1.54) is 0 Å². The van der Waals surface area contributed by atoms with E-state index in [0.29, 0.717) is 13.1 Å². The van der Waals surface area contributed by atoms with Crippen LogP contribution in [-0.2, 0) is 16.9 Å². The molecule has 3 N–H and O–H groups in total. The predicted molar refractivity (Wildman–Crippen MR) is 82.6 cm³/mol. The number of aryl methyl sites for hydroxylation is 1. The summed E-state index contributed by atoms with van der Waals surface area (Å²) in [5.41, 5.74) is 6.58. The maximum absolute atomic E-state index is 12.3. The van der Waals surface area contributed by atoms with Crippen LogP contribution in [0.1, 0.15) is 24.6 Å². The molecule has 2 rings (SSSR count). The van der Waals surface area contributed by atoms with Crippen molar-refractivity contribution in [1.82, 2.24) is 15.1 Å². The molecule has 0 saturated carbocycles. The van der Waals surface area contributed by atoms with Gasteiger partial charge in [-0.15, -0.1) is 0 Å². The van der Waals surface area contributed by atoms with Crippen LogP contribution in [-0.4, -0.2) is 22.2 Å². The number of nitrogens with two attached hydrogens (primary N) is 1. The number of carbonyl (C=O) groups excluding carboxylic acids is 1. The molecule has 1 aromatic carbocycles. The summed E-state index contributed by atoms with van der Waals surface area (Å²) in [6, 6.07) is 11.5. The van der Waals surface area contributed by atoms with Crippen LogP contribution in [0.25, 0.3) is 0 Å². The van der Waals surface area contributed by atoms with Gasteiger partial charge in [0.25, 0.3) is 0 Å². The number of hydrogen-bond acceptors (Lipinski definition) is 3. The smallest absolute Gasteiger partial charge is 0.244 e. The van der Waals surface area contributed by atoms with E-state index in [0.717, 1.165) is 17.7 Å². The molecular formula is C16H22N4O. The number of nitrogens with zero attached hydrogens (tertiary/aromatic N) is 2. The van der Waals surface area contributed by atoms with Gasteiger partial charge >= 0.3 is 0 Å². The summed E-state index contributed by atoms with van der Waals surface area (Å²) in [4.78, 5) is 12.3. The first-order valence-electron chi connectivity index (χ1n) is 7.19. The van der Waals surface area contributed by atoms with Gasteiger partial charge in [-0.3, -0.25) is 14.8 Å². The van der Waals surface area contributed by atoms with E-state index in [2.05, 4.69) is 17.3 Å². The molecule has 5 nitrogen and oxygen atoms in total. The Morgan fingerprint density at radius 3 is 2.57 bits per heavy atom. The van der Waals surface area contributed by atoms with Crippen LogP contribution >= 0.6 is 0 Å². The molecule has 1 aromatic heterocycles. The van der Waals surface area contributed by atoms with Crippen molar-refractivity contribution in [2.45, 2.75) is 32.4 Å². The van der Waals surface area contributed by atoms with Crippen LogP contribution < -0.4 is 11.1 Å². The van der Waals surface area contributed by atoms with Crippen LogP contribution in [0, 0.1) is 6.92 Å². The lowest BCUT2D eigenvalue weighted by Gasteiger charge is -2.32. The average Bonchev–Trinajstić information content (AvgIpc) is 2.89. The molecule has 0 aliphatic heterocycles. The first-order valence-corrected chi connectivity index (χ1v) is 7.19. The van der Waals surface area contributed by atoms with Crippen molar-refractivity contribution < 1.29 is 4.79 Å². The molecule has 0 radical (unpaired) electrons. The van der Waals surface area contributed by atoms with E-state index in [1.807, 2.05) is 49.5 Å².